The lowest BCUT2D eigenvalue weighted by Gasteiger charge is -2.26. The molecule has 0 aliphatic carbocycles. The molecule has 1 aromatic heterocycles. The van der Waals surface area contributed by atoms with E-state index in [1.807, 2.05) is 6.07 Å². The summed E-state index contributed by atoms with van der Waals surface area (Å²) >= 11 is 0. The minimum absolute atomic E-state index is 0.0356. The van der Waals surface area contributed by atoms with Crippen LogP contribution in [0, 0.1) is 16.7 Å². The van der Waals surface area contributed by atoms with Crippen LogP contribution in [0.1, 0.15) is 36.8 Å². The fourth-order valence-corrected chi connectivity index (χ4v) is 1.79. The van der Waals surface area contributed by atoms with Gasteiger partial charge in [0.2, 0.25) is 0 Å². The van der Waals surface area contributed by atoms with Gasteiger partial charge < -0.3 is 4.90 Å². The van der Waals surface area contributed by atoms with Crippen LogP contribution in [0.2, 0.25) is 0 Å². The van der Waals surface area contributed by atoms with Crippen molar-refractivity contribution in [2.45, 2.75) is 27.2 Å². The molecule has 0 saturated heterocycles. The van der Waals surface area contributed by atoms with Gasteiger partial charge in [-0.3, -0.25) is 9.78 Å². The molecule has 1 aromatic rings. The third-order valence-corrected chi connectivity index (χ3v) is 2.38. The summed E-state index contributed by atoms with van der Waals surface area (Å²) in [6.45, 7) is 6.95. The van der Waals surface area contributed by atoms with Crippen LogP contribution in [0.4, 0.5) is 0 Å². The van der Waals surface area contributed by atoms with Crippen LogP contribution >= 0.6 is 0 Å². The van der Waals surface area contributed by atoms with Crippen LogP contribution in [-0.4, -0.2) is 29.4 Å². The molecule has 0 radical (unpaired) electrons. The molecule has 0 saturated carbocycles. The summed E-state index contributed by atoms with van der Waals surface area (Å²) in [5.74, 6) is -0.0356. The molecule has 0 aliphatic heterocycles. The fourth-order valence-electron chi connectivity index (χ4n) is 1.79. The summed E-state index contributed by atoms with van der Waals surface area (Å²) in [7, 11) is 1.79. The summed E-state index contributed by atoms with van der Waals surface area (Å²) in [6, 6.07) is 5.40. The number of nitrogens with zero attached hydrogens (tertiary/aromatic N) is 3. The second-order valence-corrected chi connectivity index (χ2v) is 5.59. The van der Waals surface area contributed by atoms with E-state index in [2.05, 4.69) is 25.8 Å². The van der Waals surface area contributed by atoms with E-state index in [-0.39, 0.29) is 17.7 Å². The number of hydrogen-bond donors (Lipinski definition) is 0. The molecule has 4 nitrogen and oxygen atoms in total. The van der Waals surface area contributed by atoms with Gasteiger partial charge in [-0.15, -0.1) is 0 Å². The first-order valence-corrected chi connectivity index (χ1v) is 5.91. The van der Waals surface area contributed by atoms with E-state index in [9.17, 15) is 4.79 Å². The number of carbonyl (C=O) groups is 1. The Hall–Kier alpha value is -1.89. The van der Waals surface area contributed by atoms with Crippen molar-refractivity contribution in [2.75, 3.05) is 13.6 Å². The Bertz CT molecular complexity index is 469. The van der Waals surface area contributed by atoms with Gasteiger partial charge in [0.25, 0.3) is 5.91 Å². The van der Waals surface area contributed by atoms with Crippen molar-refractivity contribution in [3.05, 3.63) is 29.6 Å². The number of nitriles is 1. The molecule has 0 bridgehead atoms. The second-order valence-electron chi connectivity index (χ2n) is 5.59. The SMILES string of the molecule is CN(CC(C)(C)C)C(=O)c1ccnc(CC#N)c1. The molecule has 1 heterocycles. The zero-order valence-corrected chi connectivity index (χ0v) is 11.4. The van der Waals surface area contributed by atoms with Crippen molar-refractivity contribution in [1.29, 1.82) is 5.26 Å². The van der Waals surface area contributed by atoms with E-state index in [4.69, 9.17) is 5.26 Å². The maximum absolute atomic E-state index is 12.2. The molecule has 0 unspecified atom stereocenters. The Balaban J connectivity index is 2.84. The molecular formula is C14H19N3O. The topological polar surface area (TPSA) is 57.0 Å². The zero-order valence-electron chi connectivity index (χ0n) is 11.4. The number of hydrogen-bond acceptors (Lipinski definition) is 3. The zero-order chi connectivity index (χ0) is 13.8. The number of rotatable bonds is 3. The highest BCUT2D eigenvalue weighted by molar-refractivity contribution is 5.94. The van der Waals surface area contributed by atoms with Gasteiger partial charge in [0.15, 0.2) is 0 Å². The quantitative estimate of drug-likeness (QED) is 0.820. The predicted octanol–water partition coefficient (Wildman–Crippen LogP) is 2.27. The largest absolute Gasteiger partial charge is 0.341 e. The third-order valence-electron chi connectivity index (χ3n) is 2.38. The molecule has 0 spiro atoms. The molecule has 1 amide bonds. The highest BCUT2D eigenvalue weighted by atomic mass is 16.2. The second kappa shape index (κ2) is 5.63. The van der Waals surface area contributed by atoms with Crippen LogP contribution in [0.25, 0.3) is 0 Å². The lowest BCUT2D eigenvalue weighted by molar-refractivity contribution is 0.0745. The third kappa shape index (κ3) is 4.17. The summed E-state index contributed by atoms with van der Waals surface area (Å²) in [5, 5.41) is 8.63. The Morgan fingerprint density at radius 1 is 1.50 bits per heavy atom. The minimum Gasteiger partial charge on any atom is -0.341 e. The Morgan fingerprint density at radius 2 is 2.17 bits per heavy atom. The molecule has 0 aliphatic rings. The normalized spacial score (nSPS) is 10.8. The van der Waals surface area contributed by atoms with Crippen LogP contribution in [-0.2, 0) is 6.42 Å². The molecule has 18 heavy (non-hydrogen) atoms. The van der Waals surface area contributed by atoms with E-state index >= 15 is 0 Å². The summed E-state index contributed by atoms with van der Waals surface area (Å²) in [6.07, 6.45) is 1.80. The van der Waals surface area contributed by atoms with Crippen molar-refractivity contribution in [3.8, 4) is 6.07 Å². The average molecular weight is 245 g/mol. The number of carbonyl (C=O) groups excluding carboxylic acids is 1. The summed E-state index contributed by atoms with van der Waals surface area (Å²) < 4.78 is 0. The molecule has 0 N–H and O–H groups in total. The van der Waals surface area contributed by atoms with Gasteiger partial charge in [-0.2, -0.15) is 5.26 Å². The van der Waals surface area contributed by atoms with E-state index in [0.29, 0.717) is 17.8 Å². The highest BCUT2D eigenvalue weighted by Gasteiger charge is 2.19. The molecular weight excluding hydrogens is 226 g/mol. The van der Waals surface area contributed by atoms with Crippen LogP contribution in [0.5, 0.6) is 0 Å². The Kier molecular flexibility index (Phi) is 4.43. The molecule has 0 atom stereocenters. The number of pyridine rings is 1. The minimum atomic E-state index is -0.0356. The van der Waals surface area contributed by atoms with Crippen molar-refractivity contribution in [2.24, 2.45) is 5.41 Å². The van der Waals surface area contributed by atoms with Gasteiger partial charge in [-0.25, -0.2) is 0 Å². The van der Waals surface area contributed by atoms with E-state index in [0.717, 1.165) is 0 Å². The fraction of sp³-hybridized carbons (Fsp3) is 0.500. The summed E-state index contributed by atoms with van der Waals surface area (Å²) in [4.78, 5) is 17.9. The smallest absolute Gasteiger partial charge is 0.253 e. The lowest BCUT2D eigenvalue weighted by atomic mass is 9.96. The van der Waals surface area contributed by atoms with Gasteiger partial charge in [-0.1, -0.05) is 20.8 Å². The molecule has 4 heteroatoms. The Morgan fingerprint density at radius 3 is 2.72 bits per heavy atom. The highest BCUT2D eigenvalue weighted by Crippen LogP contribution is 2.16. The average Bonchev–Trinajstić information content (AvgIpc) is 2.26. The van der Waals surface area contributed by atoms with Gasteiger partial charge in [0.1, 0.15) is 0 Å². The Labute approximate surface area is 108 Å². The standard InChI is InChI=1S/C14H19N3O/c1-14(2,3)10-17(4)13(18)11-6-8-16-12(9-11)5-7-15/h6,8-9H,5,10H2,1-4H3. The van der Waals surface area contributed by atoms with Gasteiger partial charge in [0.05, 0.1) is 18.2 Å². The first-order valence-electron chi connectivity index (χ1n) is 5.91. The first kappa shape index (κ1) is 14.2. The first-order chi connectivity index (χ1) is 8.33. The monoisotopic (exact) mass is 245 g/mol. The van der Waals surface area contributed by atoms with Crippen molar-refractivity contribution in [1.82, 2.24) is 9.88 Å². The van der Waals surface area contributed by atoms with E-state index in [1.165, 1.54) is 0 Å². The maximum Gasteiger partial charge on any atom is 0.253 e. The van der Waals surface area contributed by atoms with Gasteiger partial charge >= 0.3 is 0 Å². The van der Waals surface area contributed by atoms with Crippen molar-refractivity contribution < 1.29 is 4.79 Å². The molecule has 1 rings (SSSR count). The summed E-state index contributed by atoms with van der Waals surface area (Å²) in [5.41, 5.74) is 1.28. The van der Waals surface area contributed by atoms with Crippen molar-refractivity contribution >= 4 is 5.91 Å². The number of amides is 1. The van der Waals surface area contributed by atoms with E-state index in [1.54, 1.807) is 30.3 Å². The van der Waals surface area contributed by atoms with Crippen LogP contribution in [0.15, 0.2) is 18.3 Å². The number of aromatic nitrogens is 1. The van der Waals surface area contributed by atoms with E-state index < -0.39 is 0 Å². The maximum atomic E-state index is 12.2. The van der Waals surface area contributed by atoms with Crippen LogP contribution < -0.4 is 0 Å². The van der Waals surface area contributed by atoms with Gasteiger partial charge in [0, 0.05) is 25.4 Å². The van der Waals surface area contributed by atoms with Crippen LogP contribution in [0.3, 0.4) is 0 Å². The van der Waals surface area contributed by atoms with Crippen molar-refractivity contribution in [3.63, 3.8) is 0 Å². The molecule has 0 fully saturated rings. The molecule has 0 aromatic carbocycles. The molecule has 96 valence electrons. The lowest BCUT2D eigenvalue weighted by Crippen LogP contribution is -2.34. The predicted molar refractivity (Wildman–Crippen MR) is 70.0 cm³/mol. The van der Waals surface area contributed by atoms with Gasteiger partial charge in [-0.05, 0) is 17.5 Å².